The number of aromatic amines is 1. The zero-order valence-corrected chi connectivity index (χ0v) is 15.7. The molecule has 2 N–H and O–H groups in total. The lowest BCUT2D eigenvalue weighted by molar-refractivity contribution is 0.340. The van der Waals surface area contributed by atoms with Crippen molar-refractivity contribution in [3.8, 4) is 17.0 Å². The van der Waals surface area contributed by atoms with Crippen molar-refractivity contribution in [1.82, 2.24) is 10.2 Å². The third kappa shape index (κ3) is 4.35. The summed E-state index contributed by atoms with van der Waals surface area (Å²) in [6, 6.07) is 14.6. The summed E-state index contributed by atoms with van der Waals surface area (Å²) in [5.74, 6) is 0.669. The van der Waals surface area contributed by atoms with Crippen LogP contribution in [0.15, 0.2) is 64.3 Å². The van der Waals surface area contributed by atoms with Crippen molar-refractivity contribution in [2.75, 3.05) is 11.3 Å². The zero-order chi connectivity index (χ0) is 19.4. The number of aromatic nitrogens is 2. The number of benzene rings is 2. The number of hydrogen-bond acceptors (Lipinski definition) is 5. The highest BCUT2D eigenvalue weighted by Gasteiger charge is 2.18. The van der Waals surface area contributed by atoms with Gasteiger partial charge in [0.1, 0.15) is 5.75 Å². The topological polar surface area (TPSA) is 101 Å². The van der Waals surface area contributed by atoms with E-state index in [1.807, 2.05) is 6.92 Å². The number of nitrogens with one attached hydrogen (secondary N) is 2. The fourth-order valence-electron chi connectivity index (χ4n) is 2.55. The predicted molar refractivity (Wildman–Crippen MR) is 103 cm³/mol. The maximum atomic E-state index is 12.9. The summed E-state index contributed by atoms with van der Waals surface area (Å²) in [6.07, 6.45) is 0. The van der Waals surface area contributed by atoms with Crippen LogP contribution >= 0.6 is 0 Å². The van der Waals surface area contributed by atoms with Crippen LogP contribution in [0.5, 0.6) is 5.75 Å². The van der Waals surface area contributed by atoms with Gasteiger partial charge in [0, 0.05) is 17.3 Å². The van der Waals surface area contributed by atoms with Crippen molar-refractivity contribution in [1.29, 1.82) is 0 Å². The molecule has 0 bridgehead atoms. The molecule has 3 aromatic rings. The minimum Gasteiger partial charge on any atom is -0.494 e. The molecule has 8 heteroatoms. The van der Waals surface area contributed by atoms with Crippen LogP contribution in [0.1, 0.15) is 12.5 Å². The number of sulfonamides is 1. The van der Waals surface area contributed by atoms with Gasteiger partial charge in [-0.2, -0.15) is 5.10 Å². The largest absolute Gasteiger partial charge is 0.494 e. The molecule has 0 saturated heterocycles. The molecule has 0 spiro atoms. The standard InChI is InChI=1S/C19H19N3O4S/c1-3-26-16-8-6-15(7-9-16)22-27(24,25)18-12-14(5-4-13(18)2)17-10-11-19(23)21-20-17/h4-12,22H,3H2,1-2H3,(H,21,23). The third-order valence-electron chi connectivity index (χ3n) is 3.87. The fourth-order valence-corrected chi connectivity index (χ4v) is 3.88. The molecule has 27 heavy (non-hydrogen) atoms. The lowest BCUT2D eigenvalue weighted by Gasteiger charge is -2.12. The average Bonchev–Trinajstić information content (AvgIpc) is 2.64. The van der Waals surface area contributed by atoms with Gasteiger partial charge in [0.15, 0.2) is 0 Å². The minimum absolute atomic E-state index is 0.141. The van der Waals surface area contributed by atoms with Gasteiger partial charge >= 0.3 is 0 Å². The summed E-state index contributed by atoms with van der Waals surface area (Å²) in [7, 11) is -3.80. The molecule has 0 fully saturated rings. The smallest absolute Gasteiger partial charge is 0.264 e. The van der Waals surface area contributed by atoms with Crippen LogP contribution in [0.25, 0.3) is 11.3 Å². The van der Waals surface area contributed by atoms with Gasteiger partial charge in [0.05, 0.1) is 17.2 Å². The molecule has 0 aliphatic heterocycles. The Bertz CT molecular complexity index is 1090. The van der Waals surface area contributed by atoms with Crippen LogP contribution in [0.2, 0.25) is 0 Å². The first-order valence-electron chi connectivity index (χ1n) is 8.31. The number of rotatable bonds is 6. The Morgan fingerprint density at radius 2 is 1.81 bits per heavy atom. The number of H-pyrrole nitrogens is 1. The predicted octanol–water partition coefficient (Wildman–Crippen LogP) is 2.94. The Labute approximate surface area is 157 Å². The minimum atomic E-state index is -3.80. The van der Waals surface area contributed by atoms with Gasteiger partial charge in [-0.05, 0) is 55.8 Å². The molecule has 0 amide bonds. The number of aryl methyl sites for hydroxylation is 1. The lowest BCUT2D eigenvalue weighted by Crippen LogP contribution is -2.14. The Hall–Kier alpha value is -3.13. The Kier molecular flexibility index (Phi) is 5.27. The van der Waals surface area contributed by atoms with Gasteiger partial charge in [-0.25, -0.2) is 13.5 Å². The summed E-state index contributed by atoms with van der Waals surface area (Å²) in [6.45, 7) is 4.14. The van der Waals surface area contributed by atoms with E-state index >= 15 is 0 Å². The molecule has 140 valence electrons. The second-order valence-corrected chi connectivity index (χ2v) is 7.50. The van der Waals surface area contributed by atoms with E-state index in [2.05, 4.69) is 14.9 Å². The fraction of sp³-hybridized carbons (Fsp3) is 0.158. The Balaban J connectivity index is 1.92. The van der Waals surface area contributed by atoms with Crippen molar-refractivity contribution in [2.24, 2.45) is 0 Å². The van der Waals surface area contributed by atoms with Gasteiger partial charge in [-0.1, -0.05) is 12.1 Å². The van der Waals surface area contributed by atoms with Crippen LogP contribution in [-0.4, -0.2) is 25.2 Å². The maximum Gasteiger partial charge on any atom is 0.264 e. The van der Waals surface area contributed by atoms with E-state index in [-0.39, 0.29) is 10.5 Å². The van der Waals surface area contributed by atoms with E-state index in [1.165, 1.54) is 12.1 Å². The van der Waals surface area contributed by atoms with Crippen molar-refractivity contribution in [2.45, 2.75) is 18.7 Å². The SMILES string of the molecule is CCOc1ccc(NS(=O)(=O)c2cc(-c3ccc(=O)[nH]n3)ccc2C)cc1. The van der Waals surface area contributed by atoms with Gasteiger partial charge in [0.2, 0.25) is 0 Å². The number of anilines is 1. The van der Waals surface area contributed by atoms with E-state index < -0.39 is 10.0 Å². The molecule has 0 aliphatic rings. The van der Waals surface area contributed by atoms with Crippen molar-refractivity contribution in [3.05, 3.63) is 70.5 Å². The zero-order valence-electron chi connectivity index (χ0n) is 14.9. The third-order valence-corrected chi connectivity index (χ3v) is 5.39. The molecule has 0 unspecified atom stereocenters. The Morgan fingerprint density at radius 3 is 2.44 bits per heavy atom. The van der Waals surface area contributed by atoms with E-state index in [4.69, 9.17) is 4.74 Å². The van der Waals surface area contributed by atoms with Crippen LogP contribution in [0.4, 0.5) is 5.69 Å². The molecule has 0 radical (unpaired) electrons. The van der Waals surface area contributed by atoms with Crippen LogP contribution in [-0.2, 0) is 10.0 Å². The molecule has 0 aliphatic carbocycles. The molecule has 2 aromatic carbocycles. The highest BCUT2D eigenvalue weighted by molar-refractivity contribution is 7.92. The van der Waals surface area contributed by atoms with Gasteiger partial charge in [-0.15, -0.1) is 0 Å². The number of nitrogens with zero attached hydrogens (tertiary/aromatic N) is 1. The molecule has 1 heterocycles. The molecule has 7 nitrogen and oxygen atoms in total. The van der Waals surface area contributed by atoms with E-state index in [0.717, 1.165) is 0 Å². The summed E-state index contributed by atoms with van der Waals surface area (Å²) >= 11 is 0. The van der Waals surface area contributed by atoms with Crippen molar-refractivity contribution < 1.29 is 13.2 Å². The second-order valence-electron chi connectivity index (χ2n) is 5.85. The molecular formula is C19H19N3O4S. The monoisotopic (exact) mass is 385 g/mol. The first kappa shape index (κ1) is 18.7. The lowest BCUT2D eigenvalue weighted by atomic mass is 10.1. The van der Waals surface area contributed by atoms with Crippen molar-refractivity contribution in [3.63, 3.8) is 0 Å². The second kappa shape index (κ2) is 7.63. The average molecular weight is 385 g/mol. The first-order chi connectivity index (χ1) is 12.9. The maximum absolute atomic E-state index is 12.9. The van der Waals surface area contributed by atoms with Gasteiger partial charge in [-0.3, -0.25) is 9.52 Å². The van der Waals surface area contributed by atoms with Crippen LogP contribution < -0.4 is 15.0 Å². The molecule has 0 atom stereocenters. The summed E-state index contributed by atoms with van der Waals surface area (Å²) in [5, 5.41) is 6.29. The number of ether oxygens (including phenoxy) is 1. The van der Waals surface area contributed by atoms with Crippen LogP contribution in [0, 0.1) is 6.92 Å². The molecule has 0 saturated carbocycles. The van der Waals surface area contributed by atoms with E-state index in [9.17, 15) is 13.2 Å². The Morgan fingerprint density at radius 1 is 1.07 bits per heavy atom. The summed E-state index contributed by atoms with van der Waals surface area (Å²) < 4.78 is 33.6. The highest BCUT2D eigenvalue weighted by atomic mass is 32.2. The van der Waals surface area contributed by atoms with E-state index in [1.54, 1.807) is 49.4 Å². The molecule has 1 aromatic heterocycles. The van der Waals surface area contributed by atoms with Crippen molar-refractivity contribution >= 4 is 15.7 Å². The highest BCUT2D eigenvalue weighted by Crippen LogP contribution is 2.25. The van der Waals surface area contributed by atoms with Gasteiger partial charge in [0.25, 0.3) is 15.6 Å². The normalized spacial score (nSPS) is 11.2. The van der Waals surface area contributed by atoms with Crippen LogP contribution in [0.3, 0.4) is 0 Å². The quantitative estimate of drug-likeness (QED) is 0.679. The first-order valence-corrected chi connectivity index (χ1v) is 9.80. The van der Waals surface area contributed by atoms with Gasteiger partial charge < -0.3 is 4.74 Å². The molecular weight excluding hydrogens is 366 g/mol. The summed E-state index contributed by atoms with van der Waals surface area (Å²) in [5.41, 5.74) is 1.78. The molecule has 3 rings (SSSR count). The number of hydrogen-bond donors (Lipinski definition) is 2. The van der Waals surface area contributed by atoms with E-state index in [0.29, 0.717) is 34.9 Å². The summed E-state index contributed by atoms with van der Waals surface area (Å²) in [4.78, 5) is 11.3.